The van der Waals surface area contributed by atoms with Crippen LogP contribution in [-0.2, 0) is 37.5 Å². The van der Waals surface area contributed by atoms with Crippen molar-refractivity contribution in [2.45, 2.75) is 39.7 Å². The largest absolute Gasteiger partial charge is 0.541 e. The molecule has 0 heterocycles. The molecule has 0 spiro atoms. The van der Waals surface area contributed by atoms with Crippen molar-refractivity contribution in [2.75, 3.05) is 0 Å². The van der Waals surface area contributed by atoms with Gasteiger partial charge in [-0.25, -0.2) is 0 Å². The van der Waals surface area contributed by atoms with Gasteiger partial charge in [0.1, 0.15) is 0 Å². The summed E-state index contributed by atoms with van der Waals surface area (Å²) in [5.74, 6) is 0. The van der Waals surface area contributed by atoms with Gasteiger partial charge < -0.3 is 9.90 Å². The summed E-state index contributed by atoms with van der Waals surface area (Å²) in [6, 6.07) is 0. The Kier molecular flexibility index (Phi) is 8.14. The van der Waals surface area contributed by atoms with E-state index in [1.165, 1.54) is 0 Å². The average Bonchev–Trinajstić information content (AvgIpc) is 1.89. The molecule has 1 radical (unpaired) electrons. The predicted octanol–water partition coefficient (Wildman–Crippen LogP) is 1.28. The Bertz CT molecular complexity index is 113. The fourth-order valence-electron chi connectivity index (χ4n) is 0.702. The maximum atomic E-state index is 10.3. The molecule has 0 aromatic carbocycles. The van der Waals surface area contributed by atoms with E-state index in [9.17, 15) is 9.90 Å². The van der Waals surface area contributed by atoms with E-state index < -0.39 is 11.5 Å². The molecular weight excluding hydrogens is 217 g/mol. The predicted molar refractivity (Wildman–Crippen MR) is 40.4 cm³/mol. The average molecular weight is 232 g/mol. The Morgan fingerprint density at radius 2 is 2.00 bits per heavy atom. The molecule has 0 saturated carbocycles. The van der Waals surface area contributed by atoms with Gasteiger partial charge in [0.05, 0.1) is 0 Å². The van der Waals surface area contributed by atoms with Crippen molar-refractivity contribution >= 4 is 6.29 Å². The fourth-order valence-corrected chi connectivity index (χ4v) is 0.702. The second-order valence-corrected chi connectivity index (χ2v) is 3.13. The first-order valence-corrected chi connectivity index (χ1v) is 3.62. The van der Waals surface area contributed by atoms with Crippen molar-refractivity contribution in [3.8, 4) is 0 Å². The van der Waals surface area contributed by atoms with E-state index in [1.807, 2.05) is 13.2 Å². The number of carbonyl (C=O) groups excluding carboxylic acids is 1. The first-order chi connectivity index (χ1) is 4.54. The third kappa shape index (κ3) is 5.05. The van der Waals surface area contributed by atoms with Crippen LogP contribution in [-0.4, -0.2) is 17.5 Å². The van der Waals surface area contributed by atoms with Gasteiger partial charge in [-0.15, -0.1) is 5.41 Å². The Morgan fingerprint density at radius 1 is 1.55 bits per heavy atom. The summed E-state index contributed by atoms with van der Waals surface area (Å²) in [5, 5.41) is 9.31. The van der Waals surface area contributed by atoms with E-state index in [-0.39, 0.29) is 32.7 Å². The minimum atomic E-state index is -0.698. The van der Waals surface area contributed by atoms with Gasteiger partial charge in [-0.1, -0.05) is 27.2 Å². The van der Waals surface area contributed by atoms with Crippen LogP contribution in [0.1, 0.15) is 33.6 Å². The molecule has 0 aliphatic rings. The summed E-state index contributed by atoms with van der Waals surface area (Å²) in [7, 11) is 0. The van der Waals surface area contributed by atoms with Crippen molar-refractivity contribution in [3.63, 3.8) is 0 Å². The van der Waals surface area contributed by atoms with Crippen molar-refractivity contribution in [3.05, 3.63) is 0 Å². The molecular formula is C8H15O2Y-. The Labute approximate surface area is 93.6 Å². The molecule has 0 unspecified atom stereocenters. The van der Waals surface area contributed by atoms with Crippen molar-refractivity contribution in [1.29, 1.82) is 0 Å². The molecule has 11 heavy (non-hydrogen) atoms. The number of rotatable bonds is 4. The van der Waals surface area contributed by atoms with E-state index >= 15 is 0 Å². The van der Waals surface area contributed by atoms with Crippen LogP contribution in [0.4, 0.5) is 0 Å². The zero-order valence-electron chi connectivity index (χ0n) is 7.42. The summed E-state index contributed by atoms with van der Waals surface area (Å²) < 4.78 is 0. The summed E-state index contributed by atoms with van der Waals surface area (Å²) in [6.07, 6.45) is 2.84. The van der Waals surface area contributed by atoms with Crippen molar-refractivity contribution < 1.29 is 42.6 Å². The van der Waals surface area contributed by atoms with Gasteiger partial charge in [0.2, 0.25) is 0 Å². The maximum absolute atomic E-state index is 10.3. The molecule has 1 N–H and O–H groups in total. The number of hydrogen-bond acceptors (Lipinski definition) is 2. The van der Waals surface area contributed by atoms with Crippen LogP contribution in [0, 0.1) is 5.41 Å². The molecule has 63 valence electrons. The minimum Gasteiger partial charge on any atom is -0.541 e. The van der Waals surface area contributed by atoms with Crippen LogP contribution >= 0.6 is 0 Å². The standard InChI is InChI=1S/C8H15O2.Y/c1-4-5-7(10)8(2,3)6-9;/h7,10H,4-5H2,1-3H3;/q-1;/t7-;/m0./s1. The zero-order chi connectivity index (χ0) is 8.20. The van der Waals surface area contributed by atoms with Gasteiger partial charge in [-0.3, -0.25) is 6.29 Å². The van der Waals surface area contributed by atoms with Crippen LogP contribution in [0.15, 0.2) is 0 Å². The molecule has 0 aliphatic heterocycles. The molecule has 0 aromatic rings. The minimum absolute atomic E-state index is 0. The molecule has 0 bridgehead atoms. The Hall–Kier alpha value is 0.734. The molecule has 3 heteroatoms. The first kappa shape index (κ1) is 14.3. The van der Waals surface area contributed by atoms with Gasteiger partial charge in [0.25, 0.3) is 0 Å². The second kappa shape index (κ2) is 6.27. The zero-order valence-corrected chi connectivity index (χ0v) is 10.3. The van der Waals surface area contributed by atoms with E-state index in [0.29, 0.717) is 6.42 Å². The van der Waals surface area contributed by atoms with Gasteiger partial charge in [0, 0.05) is 38.8 Å². The van der Waals surface area contributed by atoms with Gasteiger partial charge in [0.15, 0.2) is 0 Å². The summed E-state index contributed by atoms with van der Waals surface area (Å²) in [5.41, 5.74) is -0.698. The third-order valence-electron chi connectivity index (χ3n) is 1.66. The summed E-state index contributed by atoms with van der Waals surface area (Å²) in [4.78, 5) is 10.3. The third-order valence-corrected chi connectivity index (χ3v) is 1.66. The molecule has 0 rings (SSSR count). The topological polar surface area (TPSA) is 37.3 Å². The number of aliphatic hydroxyl groups is 1. The first-order valence-electron chi connectivity index (χ1n) is 3.62. The van der Waals surface area contributed by atoms with E-state index in [4.69, 9.17) is 0 Å². The van der Waals surface area contributed by atoms with E-state index in [1.54, 1.807) is 13.8 Å². The monoisotopic (exact) mass is 232 g/mol. The van der Waals surface area contributed by atoms with E-state index in [0.717, 1.165) is 6.42 Å². The molecule has 0 aromatic heterocycles. The molecule has 0 amide bonds. The second-order valence-electron chi connectivity index (χ2n) is 3.13. The van der Waals surface area contributed by atoms with Gasteiger partial charge in [-0.2, -0.15) is 0 Å². The molecule has 2 nitrogen and oxygen atoms in total. The molecule has 0 fully saturated rings. The smallest absolute Gasteiger partial charge is 0.0351 e. The summed E-state index contributed by atoms with van der Waals surface area (Å²) >= 11 is 0. The Morgan fingerprint density at radius 3 is 2.27 bits per heavy atom. The van der Waals surface area contributed by atoms with Crippen LogP contribution in [0.5, 0.6) is 0 Å². The van der Waals surface area contributed by atoms with Crippen molar-refractivity contribution in [2.24, 2.45) is 5.41 Å². The number of aliphatic hydroxyl groups excluding tert-OH is 1. The molecule has 0 saturated heterocycles. The fraction of sp³-hybridized carbons (Fsp3) is 0.875. The van der Waals surface area contributed by atoms with Gasteiger partial charge >= 0.3 is 0 Å². The SMILES string of the molecule is CCC[C@H](O)C(C)(C)[C-]=O.[Y]. The van der Waals surface area contributed by atoms with Crippen LogP contribution in [0.3, 0.4) is 0 Å². The normalized spacial score (nSPS) is 13.5. The Balaban J connectivity index is 0. The van der Waals surface area contributed by atoms with Gasteiger partial charge in [-0.05, 0) is 6.42 Å². The van der Waals surface area contributed by atoms with Crippen LogP contribution in [0.2, 0.25) is 0 Å². The van der Waals surface area contributed by atoms with E-state index in [2.05, 4.69) is 0 Å². The summed E-state index contributed by atoms with van der Waals surface area (Å²) in [6.45, 7) is 5.37. The van der Waals surface area contributed by atoms with Crippen molar-refractivity contribution in [1.82, 2.24) is 0 Å². The molecule has 1 atom stereocenters. The quantitative estimate of drug-likeness (QED) is 0.741. The van der Waals surface area contributed by atoms with Crippen LogP contribution < -0.4 is 0 Å². The maximum Gasteiger partial charge on any atom is 0.0351 e. The molecule has 0 aliphatic carbocycles. The van der Waals surface area contributed by atoms with Crippen LogP contribution in [0.25, 0.3) is 0 Å². The number of hydrogen-bond donors (Lipinski definition) is 1.